The van der Waals surface area contributed by atoms with Gasteiger partial charge in [0.05, 0.1) is 28.5 Å². The molecule has 0 aliphatic heterocycles. The molecule has 0 amide bonds. The standard InChI is InChI=1S/C16H11N3O2/c17-10-13-3-1-2-12(8-13)9-15(11-18)14-4-6-16(7-5-14)19(20)21/h1-8,15H,9H2. The zero-order chi connectivity index (χ0) is 15.2. The number of non-ortho nitro benzene ring substituents is 1. The first kappa shape index (κ1) is 14.2. The third-order valence-electron chi connectivity index (χ3n) is 3.16. The molecule has 1 atom stereocenters. The third kappa shape index (κ3) is 3.43. The number of hydrogen-bond donors (Lipinski definition) is 0. The SMILES string of the molecule is N#Cc1cccc(CC(C#N)c2ccc([N+](=O)[O-])cc2)c1. The smallest absolute Gasteiger partial charge is 0.258 e. The molecule has 0 saturated carbocycles. The Morgan fingerprint density at radius 3 is 2.43 bits per heavy atom. The second kappa shape index (κ2) is 6.31. The van der Waals surface area contributed by atoms with E-state index in [4.69, 9.17) is 5.26 Å². The first-order valence-corrected chi connectivity index (χ1v) is 6.27. The number of nitro groups is 1. The van der Waals surface area contributed by atoms with Crippen LogP contribution in [0.15, 0.2) is 48.5 Å². The van der Waals surface area contributed by atoms with E-state index >= 15 is 0 Å². The van der Waals surface area contributed by atoms with Crippen LogP contribution in [0.5, 0.6) is 0 Å². The van der Waals surface area contributed by atoms with Gasteiger partial charge in [0.15, 0.2) is 0 Å². The van der Waals surface area contributed by atoms with Crippen molar-refractivity contribution in [2.24, 2.45) is 0 Å². The molecule has 5 heteroatoms. The molecule has 5 nitrogen and oxygen atoms in total. The number of nitro benzene ring substituents is 1. The van der Waals surface area contributed by atoms with E-state index in [1.54, 1.807) is 30.3 Å². The van der Waals surface area contributed by atoms with Crippen molar-refractivity contribution < 1.29 is 4.92 Å². The van der Waals surface area contributed by atoms with Gasteiger partial charge < -0.3 is 0 Å². The number of nitriles is 2. The van der Waals surface area contributed by atoms with Crippen molar-refractivity contribution >= 4 is 5.69 Å². The second-order valence-electron chi connectivity index (χ2n) is 4.55. The molecule has 0 aliphatic rings. The van der Waals surface area contributed by atoms with Crippen LogP contribution in [-0.4, -0.2) is 4.92 Å². The van der Waals surface area contributed by atoms with Crippen molar-refractivity contribution in [3.63, 3.8) is 0 Å². The lowest BCUT2D eigenvalue weighted by Crippen LogP contribution is -2.01. The molecule has 0 bridgehead atoms. The summed E-state index contributed by atoms with van der Waals surface area (Å²) >= 11 is 0. The van der Waals surface area contributed by atoms with Gasteiger partial charge in [-0.2, -0.15) is 10.5 Å². The summed E-state index contributed by atoms with van der Waals surface area (Å²) in [5.41, 5.74) is 2.17. The zero-order valence-corrected chi connectivity index (χ0v) is 11.1. The Hall–Kier alpha value is -3.18. The van der Waals surface area contributed by atoms with Crippen LogP contribution in [0.25, 0.3) is 0 Å². The fourth-order valence-corrected chi connectivity index (χ4v) is 2.07. The Morgan fingerprint density at radius 1 is 1.14 bits per heavy atom. The fraction of sp³-hybridized carbons (Fsp3) is 0.125. The highest BCUT2D eigenvalue weighted by atomic mass is 16.6. The molecule has 1 unspecified atom stereocenters. The predicted octanol–water partition coefficient (Wildman–Crippen LogP) is 3.32. The highest BCUT2D eigenvalue weighted by Crippen LogP contribution is 2.23. The topological polar surface area (TPSA) is 90.7 Å². The van der Waals surface area contributed by atoms with Gasteiger partial charge in [0, 0.05) is 12.1 Å². The molecule has 2 aromatic carbocycles. The fourth-order valence-electron chi connectivity index (χ4n) is 2.07. The van der Waals surface area contributed by atoms with Gasteiger partial charge in [0.2, 0.25) is 0 Å². The summed E-state index contributed by atoms with van der Waals surface area (Å²) in [5.74, 6) is -0.403. The highest BCUT2D eigenvalue weighted by Gasteiger charge is 2.13. The minimum Gasteiger partial charge on any atom is -0.258 e. The molecule has 21 heavy (non-hydrogen) atoms. The van der Waals surface area contributed by atoms with Gasteiger partial charge in [-0.05, 0) is 29.7 Å². The van der Waals surface area contributed by atoms with Gasteiger partial charge >= 0.3 is 0 Å². The largest absolute Gasteiger partial charge is 0.269 e. The van der Waals surface area contributed by atoms with E-state index in [1.807, 2.05) is 6.07 Å². The van der Waals surface area contributed by atoms with Crippen molar-refractivity contribution in [3.05, 3.63) is 75.3 Å². The van der Waals surface area contributed by atoms with E-state index in [1.165, 1.54) is 12.1 Å². The lowest BCUT2D eigenvalue weighted by Gasteiger charge is -2.09. The van der Waals surface area contributed by atoms with E-state index in [-0.39, 0.29) is 5.69 Å². The van der Waals surface area contributed by atoms with Crippen LogP contribution in [0.4, 0.5) is 5.69 Å². The molecular weight excluding hydrogens is 266 g/mol. The molecule has 0 heterocycles. The summed E-state index contributed by atoms with van der Waals surface area (Å²) in [6.07, 6.45) is 0.462. The van der Waals surface area contributed by atoms with Crippen molar-refractivity contribution in [2.45, 2.75) is 12.3 Å². The van der Waals surface area contributed by atoms with E-state index in [0.29, 0.717) is 12.0 Å². The maximum Gasteiger partial charge on any atom is 0.269 e. The summed E-state index contributed by atoms with van der Waals surface area (Å²) in [6.45, 7) is 0. The van der Waals surface area contributed by atoms with Gasteiger partial charge in [0.25, 0.3) is 5.69 Å². The van der Waals surface area contributed by atoms with E-state index in [2.05, 4.69) is 12.1 Å². The Kier molecular flexibility index (Phi) is 4.28. The van der Waals surface area contributed by atoms with E-state index in [0.717, 1.165) is 11.1 Å². The third-order valence-corrected chi connectivity index (χ3v) is 3.16. The van der Waals surface area contributed by atoms with Crippen LogP contribution in [0, 0.1) is 32.8 Å². The molecule has 0 radical (unpaired) electrons. The summed E-state index contributed by atoms with van der Waals surface area (Å²) in [5, 5.41) is 28.8. The van der Waals surface area contributed by atoms with Crippen LogP contribution < -0.4 is 0 Å². The maximum atomic E-state index is 10.6. The van der Waals surface area contributed by atoms with E-state index in [9.17, 15) is 15.4 Å². The van der Waals surface area contributed by atoms with Crippen molar-refractivity contribution in [2.75, 3.05) is 0 Å². The Balaban J connectivity index is 2.22. The monoisotopic (exact) mass is 277 g/mol. The van der Waals surface area contributed by atoms with Crippen LogP contribution in [0.3, 0.4) is 0 Å². The second-order valence-corrected chi connectivity index (χ2v) is 4.55. The van der Waals surface area contributed by atoms with Crippen LogP contribution in [0.2, 0.25) is 0 Å². The molecule has 102 valence electrons. The molecule has 0 spiro atoms. The van der Waals surface area contributed by atoms with Gasteiger partial charge in [0.1, 0.15) is 0 Å². The van der Waals surface area contributed by atoms with Gasteiger partial charge in [-0.15, -0.1) is 0 Å². The Bertz CT molecular complexity index is 739. The lowest BCUT2D eigenvalue weighted by molar-refractivity contribution is -0.384. The maximum absolute atomic E-state index is 10.6. The minimum absolute atomic E-state index is 0.00178. The highest BCUT2D eigenvalue weighted by molar-refractivity contribution is 5.38. The summed E-state index contributed by atoms with van der Waals surface area (Å²) in [7, 11) is 0. The van der Waals surface area contributed by atoms with Gasteiger partial charge in [-0.1, -0.05) is 24.3 Å². The van der Waals surface area contributed by atoms with Crippen LogP contribution >= 0.6 is 0 Å². The normalized spacial score (nSPS) is 11.1. The van der Waals surface area contributed by atoms with Crippen LogP contribution in [-0.2, 0) is 6.42 Å². The van der Waals surface area contributed by atoms with Crippen molar-refractivity contribution in [1.82, 2.24) is 0 Å². The molecule has 2 aromatic rings. The summed E-state index contributed by atoms with van der Waals surface area (Å²) in [4.78, 5) is 10.2. The molecule has 0 aliphatic carbocycles. The minimum atomic E-state index is -0.471. The van der Waals surface area contributed by atoms with Gasteiger partial charge in [-0.25, -0.2) is 0 Å². The quantitative estimate of drug-likeness (QED) is 0.633. The lowest BCUT2D eigenvalue weighted by atomic mass is 9.92. The Labute approximate surface area is 121 Å². The number of nitrogens with zero attached hydrogens (tertiary/aromatic N) is 3. The number of hydrogen-bond acceptors (Lipinski definition) is 4. The van der Waals surface area contributed by atoms with Crippen LogP contribution in [0.1, 0.15) is 22.6 Å². The molecule has 0 N–H and O–H groups in total. The first-order valence-electron chi connectivity index (χ1n) is 6.27. The molecule has 0 fully saturated rings. The van der Waals surface area contributed by atoms with E-state index < -0.39 is 10.8 Å². The summed E-state index contributed by atoms with van der Waals surface area (Å²) < 4.78 is 0. The predicted molar refractivity (Wildman–Crippen MR) is 76.3 cm³/mol. The zero-order valence-electron chi connectivity index (χ0n) is 11.1. The molecular formula is C16H11N3O2. The van der Waals surface area contributed by atoms with Gasteiger partial charge in [-0.3, -0.25) is 10.1 Å². The molecule has 0 aromatic heterocycles. The number of rotatable bonds is 4. The van der Waals surface area contributed by atoms with Crippen molar-refractivity contribution in [1.29, 1.82) is 10.5 Å². The van der Waals surface area contributed by atoms with Crippen molar-refractivity contribution in [3.8, 4) is 12.1 Å². The average Bonchev–Trinajstić information content (AvgIpc) is 2.53. The molecule has 2 rings (SSSR count). The first-order chi connectivity index (χ1) is 10.1. The Morgan fingerprint density at radius 2 is 1.86 bits per heavy atom. The average molecular weight is 277 g/mol. The summed E-state index contributed by atoms with van der Waals surface area (Å²) in [6, 6.07) is 17.3. The number of benzene rings is 2. The molecule has 0 saturated heterocycles.